The molecule has 3 heterocycles. The minimum absolute atomic E-state index is 0.0179. The van der Waals surface area contributed by atoms with Crippen molar-refractivity contribution in [1.82, 2.24) is 4.90 Å². The lowest BCUT2D eigenvalue weighted by Gasteiger charge is -2.58. The van der Waals surface area contributed by atoms with Crippen molar-refractivity contribution >= 4 is 80.2 Å². The fraction of sp³-hybridized carbons (Fsp3) is 0.471. The molecular formula is C17H19Cl3N2O6S2. The Morgan fingerprint density at radius 3 is 2.53 bits per heavy atom. The first-order valence-corrected chi connectivity index (χ1v) is 11.7. The molecule has 0 saturated carbocycles. The lowest BCUT2D eigenvalue weighted by atomic mass is 9.98. The van der Waals surface area contributed by atoms with E-state index in [0.717, 1.165) is 0 Å². The van der Waals surface area contributed by atoms with Crippen LogP contribution in [0.3, 0.4) is 0 Å². The molecule has 1 fully saturated rings. The maximum Gasteiger partial charge on any atom is 0.290 e. The van der Waals surface area contributed by atoms with E-state index in [2.05, 4.69) is 0 Å². The second kappa shape index (κ2) is 9.54. The van der Waals surface area contributed by atoms with E-state index < -0.39 is 42.8 Å². The maximum absolute atomic E-state index is 13.4. The average molecular weight is 518 g/mol. The van der Waals surface area contributed by atoms with Crippen LogP contribution in [0.1, 0.15) is 20.3 Å². The van der Waals surface area contributed by atoms with Gasteiger partial charge in [0.2, 0.25) is 5.91 Å². The molecule has 3 rings (SSSR count). The number of carbonyl (C=O) groups excluding carboxylic acids is 2. The third-order valence-corrected chi connectivity index (χ3v) is 7.98. The van der Waals surface area contributed by atoms with Gasteiger partial charge in [-0.15, -0.1) is 11.3 Å². The predicted octanol–water partition coefficient (Wildman–Crippen LogP) is 3.11. The number of ether oxygens (including phenoxy) is 1. The number of fused-ring (bicyclic) bond motifs is 1. The van der Waals surface area contributed by atoms with Crippen LogP contribution in [0.15, 0.2) is 29.3 Å². The van der Waals surface area contributed by atoms with Crippen molar-refractivity contribution < 1.29 is 28.4 Å². The highest BCUT2D eigenvalue weighted by molar-refractivity contribution is 7.86. The zero-order valence-corrected chi connectivity index (χ0v) is 20.0. The highest BCUT2D eigenvalue weighted by atomic mass is 35.6. The van der Waals surface area contributed by atoms with E-state index in [1.54, 1.807) is 30.6 Å². The van der Waals surface area contributed by atoms with E-state index in [1.807, 2.05) is 0 Å². The molecule has 0 spiro atoms. The SMILES string of the molecule is COC1(N(C(C)=O)c2cccs2)C(=O)N2C=C(C)C(CC(Cl)(Cl)Cl)S(=O)[C@@H]21.O=CO. The molecule has 1 N–H and O–H groups in total. The molecule has 166 valence electrons. The van der Waals surface area contributed by atoms with Crippen LogP contribution in [0.5, 0.6) is 0 Å². The van der Waals surface area contributed by atoms with E-state index in [-0.39, 0.29) is 12.9 Å². The number of carboxylic acid groups (broad SMARTS) is 1. The van der Waals surface area contributed by atoms with Gasteiger partial charge < -0.3 is 9.84 Å². The van der Waals surface area contributed by atoms with Gasteiger partial charge in [0, 0.05) is 26.7 Å². The van der Waals surface area contributed by atoms with Gasteiger partial charge in [0.25, 0.3) is 18.1 Å². The first-order valence-electron chi connectivity index (χ1n) is 8.40. The molecular weight excluding hydrogens is 499 g/mol. The number of methoxy groups -OCH3 is 1. The van der Waals surface area contributed by atoms with Gasteiger partial charge in [0.05, 0.1) is 16.0 Å². The molecule has 0 aliphatic carbocycles. The van der Waals surface area contributed by atoms with Crippen molar-refractivity contribution in [2.24, 2.45) is 0 Å². The summed E-state index contributed by atoms with van der Waals surface area (Å²) in [4.78, 5) is 36.4. The third kappa shape index (κ3) is 4.39. The Morgan fingerprint density at radius 2 is 2.10 bits per heavy atom. The van der Waals surface area contributed by atoms with Crippen LogP contribution < -0.4 is 4.90 Å². The van der Waals surface area contributed by atoms with Gasteiger partial charge in [0.15, 0.2) is 9.17 Å². The minimum Gasteiger partial charge on any atom is -0.483 e. The molecule has 2 amide bonds. The molecule has 1 saturated heterocycles. The number of thiophene rings is 1. The molecule has 0 radical (unpaired) electrons. The zero-order chi connectivity index (χ0) is 22.9. The quantitative estimate of drug-likeness (QED) is 0.285. The van der Waals surface area contributed by atoms with Gasteiger partial charge in [-0.1, -0.05) is 34.8 Å². The van der Waals surface area contributed by atoms with E-state index in [4.69, 9.17) is 49.4 Å². The van der Waals surface area contributed by atoms with Crippen LogP contribution in [-0.4, -0.2) is 59.8 Å². The molecule has 1 aromatic rings. The van der Waals surface area contributed by atoms with Gasteiger partial charge >= 0.3 is 0 Å². The van der Waals surface area contributed by atoms with Crippen LogP contribution >= 0.6 is 46.1 Å². The molecule has 0 bridgehead atoms. The van der Waals surface area contributed by atoms with Gasteiger partial charge in [-0.2, -0.15) is 0 Å². The average Bonchev–Trinajstić information content (AvgIpc) is 3.16. The van der Waals surface area contributed by atoms with Crippen molar-refractivity contribution in [2.75, 3.05) is 12.0 Å². The molecule has 1 aromatic heterocycles. The first-order chi connectivity index (χ1) is 14.0. The smallest absolute Gasteiger partial charge is 0.290 e. The summed E-state index contributed by atoms with van der Waals surface area (Å²) < 4.78 is 17.4. The topological polar surface area (TPSA) is 104 Å². The van der Waals surface area contributed by atoms with E-state index in [9.17, 15) is 13.8 Å². The number of nitrogens with zero attached hydrogens (tertiary/aromatic N) is 2. The zero-order valence-electron chi connectivity index (χ0n) is 16.1. The lowest BCUT2D eigenvalue weighted by molar-refractivity contribution is -0.182. The molecule has 30 heavy (non-hydrogen) atoms. The Balaban J connectivity index is 0.00000101. The molecule has 3 unspecified atom stereocenters. The number of halogens is 3. The Bertz CT molecular complexity index is 873. The Morgan fingerprint density at radius 1 is 1.50 bits per heavy atom. The molecule has 0 aromatic carbocycles. The number of hydrogen-bond acceptors (Lipinski definition) is 6. The van der Waals surface area contributed by atoms with E-state index in [1.165, 1.54) is 35.2 Å². The third-order valence-electron chi connectivity index (χ3n) is 4.58. The Kier molecular flexibility index (Phi) is 7.98. The Hall–Kier alpha value is -1.17. The molecule has 2 aliphatic heterocycles. The van der Waals surface area contributed by atoms with Crippen LogP contribution in [0.2, 0.25) is 0 Å². The number of rotatable bonds is 4. The molecule has 4 atom stereocenters. The fourth-order valence-corrected chi connectivity index (χ4v) is 7.16. The van der Waals surface area contributed by atoms with Gasteiger partial charge in [-0.25, -0.2) is 0 Å². The van der Waals surface area contributed by atoms with Gasteiger partial charge in [-0.05, 0) is 30.0 Å². The number of anilines is 1. The maximum atomic E-state index is 13.4. The number of alkyl halides is 3. The summed E-state index contributed by atoms with van der Waals surface area (Å²) in [6.07, 6.45) is 1.61. The van der Waals surface area contributed by atoms with Crippen LogP contribution in [0, 0.1) is 0 Å². The van der Waals surface area contributed by atoms with Crippen LogP contribution in [0.25, 0.3) is 0 Å². The largest absolute Gasteiger partial charge is 0.483 e. The summed E-state index contributed by atoms with van der Waals surface area (Å²) in [6.45, 7) is 2.82. The first kappa shape index (κ1) is 25.1. The number of hydrogen-bond donors (Lipinski definition) is 1. The summed E-state index contributed by atoms with van der Waals surface area (Å²) in [5.74, 6) is -0.855. The van der Waals surface area contributed by atoms with Crippen LogP contribution in [-0.2, 0) is 29.9 Å². The van der Waals surface area contributed by atoms with Crippen molar-refractivity contribution in [2.45, 2.75) is 40.4 Å². The number of β-lactam (4-membered cyclic amide) rings is 1. The minimum atomic E-state index is -1.70. The van der Waals surface area contributed by atoms with E-state index >= 15 is 0 Å². The Labute approximate surface area is 194 Å². The van der Waals surface area contributed by atoms with Crippen molar-refractivity contribution in [1.29, 1.82) is 0 Å². The van der Waals surface area contributed by atoms with Crippen molar-refractivity contribution in [3.63, 3.8) is 0 Å². The number of carbonyl (C=O) groups is 3. The van der Waals surface area contributed by atoms with Gasteiger partial charge in [0.1, 0.15) is 5.00 Å². The predicted molar refractivity (Wildman–Crippen MR) is 117 cm³/mol. The molecule has 13 heteroatoms. The molecule has 2 aliphatic rings. The summed E-state index contributed by atoms with van der Waals surface area (Å²) in [5.41, 5.74) is -1.04. The monoisotopic (exact) mass is 516 g/mol. The van der Waals surface area contributed by atoms with E-state index in [0.29, 0.717) is 10.6 Å². The van der Waals surface area contributed by atoms with Gasteiger partial charge in [-0.3, -0.25) is 28.4 Å². The number of amides is 2. The molecule has 8 nitrogen and oxygen atoms in total. The van der Waals surface area contributed by atoms with Crippen molar-refractivity contribution in [3.05, 3.63) is 29.3 Å². The highest BCUT2D eigenvalue weighted by Crippen LogP contribution is 2.48. The summed E-state index contributed by atoms with van der Waals surface area (Å²) in [7, 11) is -0.338. The summed E-state index contributed by atoms with van der Waals surface area (Å²) in [5, 5.41) is 7.71. The van der Waals surface area contributed by atoms with Crippen LogP contribution in [0.4, 0.5) is 5.00 Å². The fourth-order valence-electron chi connectivity index (χ4n) is 3.45. The normalized spacial score (nSPS) is 27.8. The van der Waals surface area contributed by atoms with Crippen molar-refractivity contribution in [3.8, 4) is 0 Å². The summed E-state index contributed by atoms with van der Waals surface area (Å²) >= 11 is 19.0. The second-order valence-corrected chi connectivity index (χ2v) is 11.5. The summed E-state index contributed by atoms with van der Waals surface area (Å²) in [6, 6.07) is 3.46. The lowest BCUT2D eigenvalue weighted by Crippen LogP contribution is -2.83. The second-order valence-electron chi connectivity index (χ2n) is 6.39. The standard InChI is InChI=1S/C16H17Cl3N2O4S2.CH2O2/c1-9-8-20-13(23)16(25-3,21(10(2)22)12-5-4-6-26-12)14(20)27(24)11(9)7-15(17,18)19;2-1-3/h4-6,8,11,14H,7H2,1-3H3;1H,(H,2,3)/t11?,14-,16?,27?;/m1./s1. The highest BCUT2D eigenvalue weighted by Gasteiger charge is 2.70.